The van der Waals surface area contributed by atoms with Crippen LogP contribution in [0.1, 0.15) is 40.0 Å². The fourth-order valence-electron chi connectivity index (χ4n) is 4.24. The lowest BCUT2D eigenvalue weighted by Gasteiger charge is -2.20. The molecule has 1 unspecified atom stereocenters. The molecule has 0 bridgehead atoms. The van der Waals surface area contributed by atoms with Gasteiger partial charge in [0.05, 0.1) is 41.9 Å². The number of carboxylic acids is 1. The molecule has 10 nitrogen and oxygen atoms in total. The third-order valence-corrected chi connectivity index (χ3v) is 7.45. The number of anilines is 1. The van der Waals surface area contributed by atoms with Gasteiger partial charge in [0.25, 0.3) is 0 Å². The highest BCUT2D eigenvalue weighted by Gasteiger charge is 2.24. The number of ether oxygens (including phenoxy) is 2. The lowest BCUT2D eigenvalue weighted by atomic mass is 10.00. The van der Waals surface area contributed by atoms with Crippen LogP contribution in [0.4, 0.5) is 5.95 Å². The van der Waals surface area contributed by atoms with Gasteiger partial charge in [-0.15, -0.1) is 0 Å². The van der Waals surface area contributed by atoms with Gasteiger partial charge in [-0.25, -0.2) is 14.8 Å². The Morgan fingerprint density at radius 2 is 1.86 bits per heavy atom. The standard InChI is InChI=1S/C30H31ClN6O4S/c1-18-5-3-6-19(2)28(18)25-12-27(36-30(35-25)37-42-24-8-4-7-20(11-24)29(38)39)41-17-22(16-40-23-9-10-23)33-14-21-13-32-15-26(31)34-21/h3-8,11-13,15,22-23,33H,9-10,14,16-17H2,1-2H3,(H,38,39)(H,35,36,37). The Labute approximate surface area is 253 Å². The SMILES string of the molecule is Cc1cccc(C)c1-c1cc(OCC(COC2CC2)NCc2cncc(Cl)n2)nc(NSc2cccc(C(=O)O)c2)n1. The summed E-state index contributed by atoms with van der Waals surface area (Å²) >= 11 is 7.23. The predicted octanol–water partition coefficient (Wildman–Crippen LogP) is 5.74. The second kappa shape index (κ2) is 13.9. The lowest BCUT2D eigenvalue weighted by Crippen LogP contribution is -2.39. The van der Waals surface area contributed by atoms with Gasteiger partial charge in [-0.05, 0) is 68.0 Å². The van der Waals surface area contributed by atoms with E-state index in [2.05, 4.69) is 25.0 Å². The smallest absolute Gasteiger partial charge is 0.335 e. The normalized spacial score (nSPS) is 13.5. The molecule has 1 aliphatic rings. The van der Waals surface area contributed by atoms with E-state index in [0.29, 0.717) is 52.5 Å². The largest absolute Gasteiger partial charge is 0.478 e. The highest BCUT2D eigenvalue weighted by Crippen LogP contribution is 2.30. The monoisotopic (exact) mass is 606 g/mol. The van der Waals surface area contributed by atoms with E-state index < -0.39 is 5.97 Å². The van der Waals surface area contributed by atoms with Crippen molar-refractivity contribution in [2.75, 3.05) is 17.9 Å². The van der Waals surface area contributed by atoms with Gasteiger partial charge in [-0.1, -0.05) is 35.9 Å². The maximum atomic E-state index is 11.4. The summed E-state index contributed by atoms with van der Waals surface area (Å²) < 4.78 is 15.4. The van der Waals surface area contributed by atoms with Crippen LogP contribution in [0.25, 0.3) is 11.3 Å². The van der Waals surface area contributed by atoms with Crippen molar-refractivity contribution in [2.45, 2.75) is 50.3 Å². The van der Waals surface area contributed by atoms with Crippen LogP contribution in [0.5, 0.6) is 5.88 Å². The Kier molecular flexibility index (Phi) is 9.85. The zero-order chi connectivity index (χ0) is 29.5. The molecule has 5 rings (SSSR count). The molecule has 0 saturated heterocycles. The number of carbonyl (C=O) groups is 1. The summed E-state index contributed by atoms with van der Waals surface area (Å²) in [7, 11) is 0. The van der Waals surface area contributed by atoms with Gasteiger partial charge in [0.1, 0.15) is 11.8 Å². The van der Waals surface area contributed by atoms with Crippen molar-refractivity contribution in [1.82, 2.24) is 25.3 Å². The Bertz CT molecular complexity index is 1530. The van der Waals surface area contributed by atoms with Crippen LogP contribution >= 0.6 is 23.5 Å². The number of aryl methyl sites for hydroxylation is 2. The van der Waals surface area contributed by atoms with E-state index in [1.165, 1.54) is 18.1 Å². The fourth-order valence-corrected chi connectivity index (χ4v) is 5.04. The number of benzene rings is 2. The van der Waals surface area contributed by atoms with Crippen LogP contribution in [0.15, 0.2) is 65.8 Å². The zero-order valence-electron chi connectivity index (χ0n) is 23.2. The maximum Gasteiger partial charge on any atom is 0.335 e. The average molecular weight is 607 g/mol. The van der Waals surface area contributed by atoms with Crippen molar-refractivity contribution in [3.8, 4) is 17.1 Å². The molecule has 2 aromatic carbocycles. The van der Waals surface area contributed by atoms with Crippen molar-refractivity contribution in [2.24, 2.45) is 0 Å². The fraction of sp³-hybridized carbons (Fsp3) is 0.300. The molecule has 0 radical (unpaired) electrons. The molecule has 2 aromatic heterocycles. The van der Waals surface area contributed by atoms with Crippen molar-refractivity contribution in [3.05, 3.63) is 88.5 Å². The first-order valence-electron chi connectivity index (χ1n) is 13.5. The topological polar surface area (TPSA) is 131 Å². The number of carboxylic acid groups (broad SMARTS) is 1. The quantitative estimate of drug-likeness (QED) is 0.152. The molecule has 4 aromatic rings. The highest BCUT2D eigenvalue weighted by atomic mass is 35.5. The van der Waals surface area contributed by atoms with Crippen molar-refractivity contribution in [1.29, 1.82) is 0 Å². The molecule has 3 N–H and O–H groups in total. The van der Waals surface area contributed by atoms with E-state index in [4.69, 9.17) is 26.1 Å². The zero-order valence-corrected chi connectivity index (χ0v) is 24.8. The van der Waals surface area contributed by atoms with Gasteiger partial charge in [0.15, 0.2) is 0 Å². The van der Waals surface area contributed by atoms with Gasteiger partial charge in [-0.2, -0.15) is 4.98 Å². The molecule has 42 heavy (non-hydrogen) atoms. The third kappa shape index (κ3) is 8.39. The van der Waals surface area contributed by atoms with Gasteiger partial charge in [-0.3, -0.25) is 9.71 Å². The number of halogens is 1. The van der Waals surface area contributed by atoms with Crippen molar-refractivity contribution >= 4 is 35.5 Å². The second-order valence-electron chi connectivity index (χ2n) is 9.97. The Hall–Kier alpha value is -3.77. The molecule has 0 spiro atoms. The minimum absolute atomic E-state index is 0.144. The molecule has 0 amide bonds. The third-order valence-electron chi connectivity index (χ3n) is 6.50. The number of aromatic carboxylic acids is 1. The molecule has 1 fully saturated rings. The predicted molar refractivity (Wildman–Crippen MR) is 162 cm³/mol. The van der Waals surface area contributed by atoms with Crippen molar-refractivity contribution < 1.29 is 19.4 Å². The van der Waals surface area contributed by atoms with Crippen LogP contribution in [0.3, 0.4) is 0 Å². The number of rotatable bonds is 14. The molecule has 1 aliphatic carbocycles. The molecular weight excluding hydrogens is 576 g/mol. The van der Waals surface area contributed by atoms with E-state index >= 15 is 0 Å². The maximum absolute atomic E-state index is 11.4. The molecule has 12 heteroatoms. The minimum atomic E-state index is -0.988. The summed E-state index contributed by atoms with van der Waals surface area (Å²) in [4.78, 5) is 29.9. The van der Waals surface area contributed by atoms with Gasteiger partial charge in [0.2, 0.25) is 11.8 Å². The molecular formula is C30H31ClN6O4S. The van der Waals surface area contributed by atoms with Crippen LogP contribution < -0.4 is 14.8 Å². The highest BCUT2D eigenvalue weighted by molar-refractivity contribution is 8.00. The molecule has 218 valence electrons. The number of nitrogens with zero attached hydrogens (tertiary/aromatic N) is 4. The number of hydrogen-bond acceptors (Lipinski definition) is 10. The van der Waals surface area contributed by atoms with E-state index in [9.17, 15) is 9.90 Å². The van der Waals surface area contributed by atoms with Gasteiger partial charge >= 0.3 is 5.97 Å². The minimum Gasteiger partial charge on any atom is -0.478 e. The van der Waals surface area contributed by atoms with E-state index in [1.807, 2.05) is 44.2 Å². The molecule has 1 saturated carbocycles. The van der Waals surface area contributed by atoms with Crippen LogP contribution in [-0.2, 0) is 11.3 Å². The Morgan fingerprint density at radius 1 is 1.07 bits per heavy atom. The van der Waals surface area contributed by atoms with Crippen LogP contribution in [-0.4, -0.2) is 56.4 Å². The van der Waals surface area contributed by atoms with Crippen LogP contribution in [0, 0.1) is 13.8 Å². The van der Waals surface area contributed by atoms with E-state index in [1.54, 1.807) is 24.4 Å². The number of aromatic nitrogens is 4. The molecule has 1 atom stereocenters. The molecule has 0 aliphatic heterocycles. The summed E-state index contributed by atoms with van der Waals surface area (Å²) in [5.74, 6) is -0.257. The van der Waals surface area contributed by atoms with E-state index in [-0.39, 0.29) is 18.2 Å². The number of nitrogens with one attached hydrogen (secondary N) is 2. The summed E-state index contributed by atoms with van der Waals surface area (Å²) in [6, 6.07) is 14.4. The van der Waals surface area contributed by atoms with Crippen LogP contribution in [0.2, 0.25) is 5.15 Å². The van der Waals surface area contributed by atoms with Gasteiger partial charge in [0, 0.05) is 29.3 Å². The summed E-state index contributed by atoms with van der Waals surface area (Å²) in [6.45, 7) is 5.29. The summed E-state index contributed by atoms with van der Waals surface area (Å²) in [5.41, 5.74) is 4.78. The first kappa shape index (κ1) is 29.7. The van der Waals surface area contributed by atoms with Gasteiger partial charge < -0.3 is 19.9 Å². The van der Waals surface area contributed by atoms with Crippen molar-refractivity contribution in [3.63, 3.8) is 0 Å². The first-order valence-corrected chi connectivity index (χ1v) is 14.7. The van der Waals surface area contributed by atoms with E-state index in [0.717, 1.165) is 29.5 Å². The average Bonchev–Trinajstić information content (AvgIpc) is 3.80. The molecule has 2 heterocycles. The Balaban J connectivity index is 1.35. The summed E-state index contributed by atoms with van der Waals surface area (Å²) in [5, 5.41) is 13.1. The number of hydrogen-bond donors (Lipinski definition) is 3. The second-order valence-corrected chi connectivity index (χ2v) is 11.2. The lowest BCUT2D eigenvalue weighted by molar-refractivity contribution is 0.0696. The Morgan fingerprint density at radius 3 is 2.60 bits per heavy atom. The first-order chi connectivity index (χ1) is 20.3. The summed E-state index contributed by atoms with van der Waals surface area (Å²) in [6.07, 6.45) is 5.60.